The fourth-order valence-corrected chi connectivity index (χ4v) is 2.49. The van der Waals surface area contributed by atoms with E-state index in [-0.39, 0.29) is 0 Å². The summed E-state index contributed by atoms with van der Waals surface area (Å²) in [5.74, 6) is 0.953. The Morgan fingerprint density at radius 3 is 2.60 bits per heavy atom. The first kappa shape index (κ1) is 12.7. The molecule has 4 nitrogen and oxygen atoms in total. The number of hydrogen-bond donors (Lipinski definition) is 1. The minimum atomic E-state index is 0.908. The first-order valence-electron chi connectivity index (χ1n) is 6.72. The zero-order valence-corrected chi connectivity index (χ0v) is 12.2. The lowest BCUT2D eigenvalue weighted by molar-refractivity contribution is 0.937. The molecule has 0 amide bonds. The van der Waals surface area contributed by atoms with Gasteiger partial charge in [-0.25, -0.2) is 4.98 Å². The van der Waals surface area contributed by atoms with Crippen molar-refractivity contribution in [2.24, 2.45) is 0 Å². The van der Waals surface area contributed by atoms with E-state index in [1.165, 1.54) is 5.56 Å². The Kier molecular flexibility index (Phi) is 2.93. The summed E-state index contributed by atoms with van der Waals surface area (Å²) < 4.78 is 1.88. The van der Waals surface area contributed by atoms with Crippen LogP contribution in [-0.4, -0.2) is 21.6 Å². The molecule has 0 aliphatic rings. The smallest absolute Gasteiger partial charge is 0.161 e. The van der Waals surface area contributed by atoms with Gasteiger partial charge in [0.25, 0.3) is 0 Å². The van der Waals surface area contributed by atoms with Crippen molar-refractivity contribution in [1.82, 2.24) is 14.6 Å². The Morgan fingerprint density at radius 1 is 1.10 bits per heavy atom. The van der Waals surface area contributed by atoms with Gasteiger partial charge in [0.1, 0.15) is 5.82 Å². The Bertz CT molecular complexity index is 787. The van der Waals surface area contributed by atoms with Crippen LogP contribution in [0.25, 0.3) is 16.9 Å². The molecular weight excluding hydrogens is 248 g/mol. The van der Waals surface area contributed by atoms with Gasteiger partial charge in [0.2, 0.25) is 0 Å². The molecule has 0 atom stereocenters. The highest BCUT2D eigenvalue weighted by Crippen LogP contribution is 2.27. The lowest BCUT2D eigenvalue weighted by atomic mass is 10.1. The summed E-state index contributed by atoms with van der Waals surface area (Å²) in [5.41, 5.74) is 6.36. The molecule has 2 heterocycles. The predicted octanol–water partition coefficient (Wildman–Crippen LogP) is 3.36. The second-order valence-electron chi connectivity index (χ2n) is 5.11. The highest BCUT2D eigenvalue weighted by Gasteiger charge is 2.14. The molecular formula is C16H18N4. The minimum absolute atomic E-state index is 0.908. The van der Waals surface area contributed by atoms with Crippen molar-refractivity contribution in [2.45, 2.75) is 20.8 Å². The first-order valence-corrected chi connectivity index (χ1v) is 6.72. The molecule has 3 rings (SSSR count). The summed E-state index contributed by atoms with van der Waals surface area (Å²) >= 11 is 0. The van der Waals surface area contributed by atoms with E-state index in [1.807, 2.05) is 24.6 Å². The van der Waals surface area contributed by atoms with Crippen LogP contribution in [0.2, 0.25) is 0 Å². The number of aryl methyl sites for hydroxylation is 3. The molecule has 1 N–H and O–H groups in total. The molecule has 0 aliphatic carbocycles. The van der Waals surface area contributed by atoms with Gasteiger partial charge in [-0.15, -0.1) is 0 Å². The Balaban J connectivity index is 2.30. The molecule has 2 aromatic heterocycles. The van der Waals surface area contributed by atoms with E-state index >= 15 is 0 Å². The molecule has 0 saturated carbocycles. The largest absolute Gasteiger partial charge is 0.373 e. The quantitative estimate of drug-likeness (QED) is 0.773. The van der Waals surface area contributed by atoms with Gasteiger partial charge >= 0.3 is 0 Å². The molecule has 0 spiro atoms. The maximum Gasteiger partial charge on any atom is 0.161 e. The van der Waals surface area contributed by atoms with Crippen LogP contribution in [0.3, 0.4) is 0 Å². The van der Waals surface area contributed by atoms with Gasteiger partial charge in [0.05, 0.1) is 5.69 Å². The van der Waals surface area contributed by atoms with Crippen molar-refractivity contribution in [2.75, 3.05) is 12.4 Å². The number of aromatic nitrogens is 3. The van der Waals surface area contributed by atoms with E-state index in [4.69, 9.17) is 5.10 Å². The molecule has 20 heavy (non-hydrogen) atoms. The predicted molar refractivity (Wildman–Crippen MR) is 82.2 cm³/mol. The Labute approximate surface area is 118 Å². The third kappa shape index (κ3) is 1.93. The maximum atomic E-state index is 4.73. The highest BCUT2D eigenvalue weighted by atomic mass is 15.3. The number of rotatable bonds is 2. The third-order valence-corrected chi connectivity index (χ3v) is 3.49. The monoisotopic (exact) mass is 266 g/mol. The Morgan fingerprint density at radius 2 is 1.90 bits per heavy atom. The zero-order chi connectivity index (χ0) is 14.3. The molecule has 0 aliphatic heterocycles. The van der Waals surface area contributed by atoms with Crippen molar-refractivity contribution in [3.05, 3.63) is 47.2 Å². The zero-order valence-electron chi connectivity index (χ0n) is 12.2. The average molecular weight is 266 g/mol. The van der Waals surface area contributed by atoms with Crippen molar-refractivity contribution >= 4 is 11.5 Å². The van der Waals surface area contributed by atoms with E-state index in [1.54, 1.807) is 0 Å². The van der Waals surface area contributed by atoms with E-state index < -0.39 is 0 Å². The van der Waals surface area contributed by atoms with Gasteiger partial charge in [-0.3, -0.25) is 0 Å². The first-order chi connectivity index (χ1) is 9.60. The van der Waals surface area contributed by atoms with Crippen LogP contribution in [0.15, 0.2) is 30.3 Å². The van der Waals surface area contributed by atoms with Crippen LogP contribution in [0.4, 0.5) is 5.82 Å². The fraction of sp³-hybridized carbons (Fsp3) is 0.250. The van der Waals surface area contributed by atoms with E-state index in [0.717, 1.165) is 34.0 Å². The summed E-state index contributed by atoms with van der Waals surface area (Å²) in [6.45, 7) is 6.17. The second-order valence-corrected chi connectivity index (χ2v) is 5.11. The van der Waals surface area contributed by atoms with Crippen LogP contribution in [0, 0.1) is 20.8 Å². The second kappa shape index (κ2) is 4.63. The SMILES string of the molecule is CNc1cc(C)nc2c(C)c(-c3cccc(C)c3)nn12. The van der Waals surface area contributed by atoms with Gasteiger partial charge in [0.15, 0.2) is 5.65 Å². The molecule has 102 valence electrons. The number of benzene rings is 1. The van der Waals surface area contributed by atoms with Crippen molar-refractivity contribution < 1.29 is 0 Å². The number of fused-ring (bicyclic) bond motifs is 1. The number of hydrogen-bond acceptors (Lipinski definition) is 3. The van der Waals surface area contributed by atoms with Crippen molar-refractivity contribution in [3.63, 3.8) is 0 Å². The number of nitrogens with zero attached hydrogens (tertiary/aromatic N) is 3. The molecule has 0 unspecified atom stereocenters. The average Bonchev–Trinajstić information content (AvgIpc) is 2.76. The van der Waals surface area contributed by atoms with Crippen LogP contribution in [0.1, 0.15) is 16.8 Å². The Hall–Kier alpha value is -2.36. The van der Waals surface area contributed by atoms with Crippen LogP contribution >= 0.6 is 0 Å². The number of nitrogens with one attached hydrogen (secondary N) is 1. The molecule has 1 aromatic carbocycles. The van der Waals surface area contributed by atoms with Crippen LogP contribution < -0.4 is 5.32 Å². The van der Waals surface area contributed by atoms with Gasteiger partial charge in [0, 0.05) is 29.9 Å². The van der Waals surface area contributed by atoms with E-state index in [2.05, 4.69) is 48.4 Å². The summed E-state index contributed by atoms with van der Waals surface area (Å²) in [7, 11) is 1.90. The van der Waals surface area contributed by atoms with Gasteiger partial charge < -0.3 is 5.32 Å². The normalized spacial score (nSPS) is 11.0. The topological polar surface area (TPSA) is 42.2 Å². The summed E-state index contributed by atoms with van der Waals surface area (Å²) in [4.78, 5) is 4.61. The molecule has 0 radical (unpaired) electrons. The van der Waals surface area contributed by atoms with Gasteiger partial charge in [-0.05, 0) is 26.8 Å². The van der Waals surface area contributed by atoms with Crippen LogP contribution in [0.5, 0.6) is 0 Å². The van der Waals surface area contributed by atoms with E-state index in [9.17, 15) is 0 Å². The van der Waals surface area contributed by atoms with Crippen molar-refractivity contribution in [1.29, 1.82) is 0 Å². The molecule has 0 saturated heterocycles. The molecule has 0 bridgehead atoms. The molecule has 4 heteroatoms. The maximum absolute atomic E-state index is 4.73. The third-order valence-electron chi connectivity index (χ3n) is 3.49. The number of anilines is 1. The highest BCUT2D eigenvalue weighted by molar-refractivity contribution is 5.72. The summed E-state index contributed by atoms with van der Waals surface area (Å²) in [6.07, 6.45) is 0. The summed E-state index contributed by atoms with van der Waals surface area (Å²) in [6, 6.07) is 10.4. The van der Waals surface area contributed by atoms with Gasteiger partial charge in [-0.1, -0.05) is 23.8 Å². The lowest BCUT2D eigenvalue weighted by Crippen LogP contribution is -2.02. The summed E-state index contributed by atoms with van der Waals surface area (Å²) in [5, 5.41) is 7.90. The van der Waals surface area contributed by atoms with Crippen LogP contribution in [-0.2, 0) is 0 Å². The minimum Gasteiger partial charge on any atom is -0.373 e. The van der Waals surface area contributed by atoms with E-state index in [0.29, 0.717) is 0 Å². The van der Waals surface area contributed by atoms with Crippen molar-refractivity contribution in [3.8, 4) is 11.3 Å². The fourth-order valence-electron chi connectivity index (χ4n) is 2.49. The molecule has 0 fully saturated rings. The lowest BCUT2D eigenvalue weighted by Gasteiger charge is -2.04. The molecule has 3 aromatic rings. The van der Waals surface area contributed by atoms with Gasteiger partial charge in [-0.2, -0.15) is 9.61 Å². The standard InChI is InChI=1S/C16H18N4/c1-10-6-5-7-13(8-10)15-12(3)16-18-11(2)9-14(17-4)20(16)19-15/h5-9,17H,1-4H3.